The van der Waals surface area contributed by atoms with Gasteiger partial charge in [0, 0.05) is 38.1 Å². The predicted octanol–water partition coefficient (Wildman–Crippen LogP) is 2.06. The molecular formula is C13H22N4O. The first-order valence-corrected chi connectivity index (χ1v) is 6.69. The van der Waals surface area contributed by atoms with Gasteiger partial charge in [-0.3, -0.25) is 0 Å². The van der Waals surface area contributed by atoms with Crippen molar-refractivity contribution in [1.82, 2.24) is 9.97 Å². The van der Waals surface area contributed by atoms with Gasteiger partial charge in [0.25, 0.3) is 0 Å². The molecule has 100 valence electrons. The number of anilines is 2. The van der Waals surface area contributed by atoms with Gasteiger partial charge >= 0.3 is 0 Å². The lowest BCUT2D eigenvalue weighted by Gasteiger charge is -2.11. The molecule has 1 aromatic heterocycles. The monoisotopic (exact) mass is 250 g/mol. The Morgan fingerprint density at radius 2 is 2.28 bits per heavy atom. The highest BCUT2D eigenvalue weighted by atomic mass is 16.5. The summed E-state index contributed by atoms with van der Waals surface area (Å²) in [6.45, 7) is 7.63. The van der Waals surface area contributed by atoms with Crippen molar-refractivity contribution < 1.29 is 4.74 Å². The molecule has 5 heteroatoms. The Morgan fingerprint density at radius 1 is 1.39 bits per heavy atom. The second-order valence-corrected chi connectivity index (χ2v) is 4.69. The summed E-state index contributed by atoms with van der Waals surface area (Å²) in [5, 5.41) is 6.50. The largest absolute Gasteiger partial charge is 0.381 e. The zero-order chi connectivity index (χ0) is 12.8. The predicted molar refractivity (Wildman–Crippen MR) is 73.0 cm³/mol. The fourth-order valence-electron chi connectivity index (χ4n) is 2.11. The van der Waals surface area contributed by atoms with Crippen molar-refractivity contribution >= 4 is 11.8 Å². The van der Waals surface area contributed by atoms with Crippen molar-refractivity contribution in [2.45, 2.75) is 26.7 Å². The van der Waals surface area contributed by atoms with Gasteiger partial charge in [0.15, 0.2) is 0 Å². The molecule has 0 spiro atoms. The molecule has 1 unspecified atom stereocenters. The van der Waals surface area contributed by atoms with E-state index >= 15 is 0 Å². The first kappa shape index (κ1) is 13.1. The van der Waals surface area contributed by atoms with Crippen molar-refractivity contribution in [2.75, 3.05) is 36.9 Å². The van der Waals surface area contributed by atoms with Crippen LogP contribution in [0.2, 0.25) is 0 Å². The van der Waals surface area contributed by atoms with E-state index in [1.165, 1.54) is 6.42 Å². The maximum absolute atomic E-state index is 5.37. The summed E-state index contributed by atoms with van der Waals surface area (Å²) in [5.41, 5.74) is 0.979. The third-order valence-electron chi connectivity index (χ3n) is 3.07. The van der Waals surface area contributed by atoms with Crippen molar-refractivity contribution in [3.8, 4) is 0 Å². The molecule has 18 heavy (non-hydrogen) atoms. The zero-order valence-electron chi connectivity index (χ0n) is 11.2. The van der Waals surface area contributed by atoms with Gasteiger partial charge in [0.1, 0.15) is 5.82 Å². The van der Waals surface area contributed by atoms with Crippen LogP contribution in [0.25, 0.3) is 0 Å². The van der Waals surface area contributed by atoms with Crippen LogP contribution in [0.1, 0.15) is 25.5 Å². The van der Waals surface area contributed by atoms with Crippen LogP contribution in [0.4, 0.5) is 11.8 Å². The molecule has 0 saturated carbocycles. The molecule has 2 rings (SSSR count). The Labute approximate surface area is 108 Å². The zero-order valence-corrected chi connectivity index (χ0v) is 11.2. The minimum Gasteiger partial charge on any atom is -0.381 e. The summed E-state index contributed by atoms with van der Waals surface area (Å²) in [5.74, 6) is 2.30. The average molecular weight is 250 g/mol. The summed E-state index contributed by atoms with van der Waals surface area (Å²) in [6, 6.07) is 1.98. The highest BCUT2D eigenvalue weighted by Gasteiger charge is 2.14. The lowest BCUT2D eigenvalue weighted by atomic mass is 10.1. The first-order valence-electron chi connectivity index (χ1n) is 6.69. The SMILES string of the molecule is CCNc1nc(C)cc(NCCC2CCOC2)n1. The van der Waals surface area contributed by atoms with E-state index in [0.29, 0.717) is 11.9 Å². The maximum atomic E-state index is 5.37. The van der Waals surface area contributed by atoms with Gasteiger partial charge in [-0.2, -0.15) is 4.98 Å². The van der Waals surface area contributed by atoms with Crippen LogP contribution in [0, 0.1) is 12.8 Å². The topological polar surface area (TPSA) is 59.1 Å². The van der Waals surface area contributed by atoms with Gasteiger partial charge in [-0.1, -0.05) is 0 Å². The van der Waals surface area contributed by atoms with Crippen molar-refractivity contribution in [1.29, 1.82) is 0 Å². The molecule has 2 N–H and O–H groups in total. The fraction of sp³-hybridized carbons (Fsp3) is 0.692. The summed E-state index contributed by atoms with van der Waals surface area (Å²) in [6.07, 6.45) is 2.33. The van der Waals surface area contributed by atoms with Crippen molar-refractivity contribution in [3.63, 3.8) is 0 Å². The Morgan fingerprint density at radius 3 is 3.00 bits per heavy atom. The molecule has 1 saturated heterocycles. The van der Waals surface area contributed by atoms with Crippen LogP contribution in [0.3, 0.4) is 0 Å². The summed E-state index contributed by atoms with van der Waals surface area (Å²) >= 11 is 0. The van der Waals surface area contributed by atoms with E-state index < -0.39 is 0 Å². The van der Waals surface area contributed by atoms with Gasteiger partial charge in [-0.25, -0.2) is 4.98 Å². The number of nitrogens with one attached hydrogen (secondary N) is 2. The van der Waals surface area contributed by atoms with E-state index in [4.69, 9.17) is 4.74 Å². The maximum Gasteiger partial charge on any atom is 0.224 e. The Hall–Kier alpha value is -1.36. The molecule has 1 aliphatic rings. The molecule has 1 fully saturated rings. The van der Waals surface area contributed by atoms with E-state index in [-0.39, 0.29) is 0 Å². The standard InChI is InChI=1S/C13H22N4O/c1-3-14-13-16-10(2)8-12(17-13)15-6-4-11-5-7-18-9-11/h8,11H,3-7,9H2,1-2H3,(H2,14,15,16,17). The quantitative estimate of drug-likeness (QED) is 0.809. The van der Waals surface area contributed by atoms with E-state index in [9.17, 15) is 0 Å². The average Bonchev–Trinajstić information content (AvgIpc) is 2.82. The van der Waals surface area contributed by atoms with E-state index in [1.54, 1.807) is 0 Å². The smallest absolute Gasteiger partial charge is 0.224 e. The second-order valence-electron chi connectivity index (χ2n) is 4.69. The lowest BCUT2D eigenvalue weighted by molar-refractivity contribution is 0.185. The molecule has 0 aromatic carbocycles. The van der Waals surface area contributed by atoms with Gasteiger partial charge in [-0.15, -0.1) is 0 Å². The number of nitrogens with zero attached hydrogens (tertiary/aromatic N) is 2. The first-order chi connectivity index (χ1) is 8.78. The molecule has 0 amide bonds. The number of hydrogen-bond acceptors (Lipinski definition) is 5. The molecule has 0 aliphatic carbocycles. The molecule has 1 atom stereocenters. The van der Waals surface area contributed by atoms with E-state index in [1.807, 2.05) is 19.9 Å². The normalized spacial score (nSPS) is 18.9. The molecule has 1 aromatic rings. The second kappa shape index (κ2) is 6.54. The number of ether oxygens (including phenoxy) is 1. The Balaban J connectivity index is 1.83. The number of aromatic nitrogens is 2. The molecule has 5 nitrogen and oxygen atoms in total. The van der Waals surface area contributed by atoms with Crippen LogP contribution in [0.5, 0.6) is 0 Å². The van der Waals surface area contributed by atoms with E-state index in [2.05, 4.69) is 20.6 Å². The van der Waals surface area contributed by atoms with Crippen molar-refractivity contribution in [3.05, 3.63) is 11.8 Å². The number of aryl methyl sites for hydroxylation is 1. The summed E-state index contributed by atoms with van der Waals surface area (Å²) in [4.78, 5) is 8.75. The molecule has 0 bridgehead atoms. The van der Waals surface area contributed by atoms with Crippen molar-refractivity contribution in [2.24, 2.45) is 5.92 Å². The van der Waals surface area contributed by atoms with Crippen LogP contribution < -0.4 is 10.6 Å². The van der Waals surface area contributed by atoms with Gasteiger partial charge in [-0.05, 0) is 32.6 Å². The fourth-order valence-corrected chi connectivity index (χ4v) is 2.11. The van der Waals surface area contributed by atoms with Gasteiger partial charge in [0.2, 0.25) is 5.95 Å². The van der Waals surface area contributed by atoms with Crippen LogP contribution in [-0.4, -0.2) is 36.3 Å². The minimum atomic E-state index is 0.698. The Kier molecular flexibility index (Phi) is 4.75. The highest BCUT2D eigenvalue weighted by molar-refractivity contribution is 5.41. The van der Waals surface area contributed by atoms with E-state index in [0.717, 1.165) is 44.2 Å². The van der Waals surface area contributed by atoms with Crippen LogP contribution in [-0.2, 0) is 4.74 Å². The molecule has 0 radical (unpaired) electrons. The highest BCUT2D eigenvalue weighted by Crippen LogP contribution is 2.16. The molecular weight excluding hydrogens is 228 g/mol. The third-order valence-corrected chi connectivity index (χ3v) is 3.07. The van der Waals surface area contributed by atoms with Crippen LogP contribution >= 0.6 is 0 Å². The third kappa shape index (κ3) is 3.84. The minimum absolute atomic E-state index is 0.698. The molecule has 1 aliphatic heterocycles. The van der Waals surface area contributed by atoms with Gasteiger partial charge < -0.3 is 15.4 Å². The number of rotatable bonds is 6. The Bertz CT molecular complexity index is 377. The van der Waals surface area contributed by atoms with Gasteiger partial charge in [0.05, 0.1) is 0 Å². The van der Waals surface area contributed by atoms with Crippen LogP contribution in [0.15, 0.2) is 6.07 Å². The summed E-state index contributed by atoms with van der Waals surface area (Å²) in [7, 11) is 0. The lowest BCUT2D eigenvalue weighted by Crippen LogP contribution is -2.11. The molecule has 2 heterocycles. The summed E-state index contributed by atoms with van der Waals surface area (Å²) < 4.78 is 5.37. The number of hydrogen-bond donors (Lipinski definition) is 2.